The number of nitrogens with one attached hydrogen (secondary N) is 1. The monoisotopic (exact) mass is 309 g/mol. The van der Waals surface area contributed by atoms with Crippen LogP contribution in [0.25, 0.3) is 0 Å². The average molecular weight is 310 g/mol. The molecule has 1 heterocycles. The quantitative estimate of drug-likeness (QED) is 0.899. The van der Waals surface area contributed by atoms with Crippen molar-refractivity contribution in [2.75, 3.05) is 18.9 Å². The van der Waals surface area contributed by atoms with Crippen molar-refractivity contribution >= 4 is 23.3 Å². The van der Waals surface area contributed by atoms with Gasteiger partial charge in [-0.3, -0.25) is 4.79 Å². The van der Waals surface area contributed by atoms with E-state index in [2.05, 4.69) is 24.1 Å². The molecule has 0 unspecified atom stereocenters. The SMILES string of the molecule is CNc1ncc(C(=O)N(CC(C)C)C2CCCC2)cc1Cl. The Balaban J connectivity index is 2.22. The van der Waals surface area contributed by atoms with E-state index in [1.165, 1.54) is 12.8 Å². The van der Waals surface area contributed by atoms with E-state index in [4.69, 9.17) is 11.6 Å². The average Bonchev–Trinajstić information content (AvgIpc) is 2.97. The van der Waals surface area contributed by atoms with Crippen LogP contribution in [-0.4, -0.2) is 35.4 Å². The van der Waals surface area contributed by atoms with Crippen molar-refractivity contribution in [1.82, 2.24) is 9.88 Å². The summed E-state index contributed by atoms with van der Waals surface area (Å²) in [4.78, 5) is 19.1. The largest absolute Gasteiger partial charge is 0.372 e. The van der Waals surface area contributed by atoms with E-state index in [0.29, 0.717) is 28.4 Å². The minimum absolute atomic E-state index is 0.0488. The van der Waals surface area contributed by atoms with Gasteiger partial charge >= 0.3 is 0 Å². The minimum Gasteiger partial charge on any atom is -0.372 e. The van der Waals surface area contributed by atoms with E-state index < -0.39 is 0 Å². The Labute approximate surface area is 131 Å². The second-order valence-electron chi connectivity index (χ2n) is 6.09. The summed E-state index contributed by atoms with van der Waals surface area (Å²) in [5, 5.41) is 3.40. The van der Waals surface area contributed by atoms with Crippen molar-refractivity contribution in [3.8, 4) is 0 Å². The molecular weight excluding hydrogens is 286 g/mol. The summed E-state index contributed by atoms with van der Waals surface area (Å²) >= 11 is 6.15. The summed E-state index contributed by atoms with van der Waals surface area (Å²) in [6, 6.07) is 2.08. The van der Waals surface area contributed by atoms with Gasteiger partial charge in [0, 0.05) is 25.8 Å². The highest BCUT2D eigenvalue weighted by Gasteiger charge is 2.28. The van der Waals surface area contributed by atoms with Crippen molar-refractivity contribution in [3.63, 3.8) is 0 Å². The van der Waals surface area contributed by atoms with Gasteiger partial charge in [0.2, 0.25) is 0 Å². The number of anilines is 1. The first-order valence-electron chi connectivity index (χ1n) is 7.67. The van der Waals surface area contributed by atoms with Crippen LogP contribution in [0.2, 0.25) is 5.02 Å². The first-order chi connectivity index (χ1) is 10.0. The predicted octanol–water partition coefficient (Wildman–Crippen LogP) is 3.82. The standard InChI is InChI=1S/C16H24ClN3O/c1-11(2)10-20(13-6-4-5-7-13)16(21)12-8-14(17)15(18-3)19-9-12/h8-9,11,13H,4-7,10H2,1-3H3,(H,18,19). The zero-order valence-electron chi connectivity index (χ0n) is 13.0. The summed E-state index contributed by atoms with van der Waals surface area (Å²) in [6.45, 7) is 5.07. The predicted molar refractivity (Wildman–Crippen MR) is 86.9 cm³/mol. The third-order valence-electron chi connectivity index (χ3n) is 3.91. The Morgan fingerprint density at radius 1 is 1.48 bits per heavy atom. The van der Waals surface area contributed by atoms with Gasteiger partial charge in [-0.25, -0.2) is 4.98 Å². The topological polar surface area (TPSA) is 45.2 Å². The summed E-state index contributed by atoms with van der Waals surface area (Å²) in [7, 11) is 1.76. The Kier molecular flexibility index (Phi) is 5.45. The Bertz CT molecular complexity index is 498. The van der Waals surface area contributed by atoms with Gasteiger partial charge in [-0.15, -0.1) is 0 Å². The van der Waals surface area contributed by atoms with Gasteiger partial charge < -0.3 is 10.2 Å². The maximum absolute atomic E-state index is 12.8. The van der Waals surface area contributed by atoms with Gasteiger partial charge in [-0.1, -0.05) is 38.3 Å². The molecule has 5 heteroatoms. The fourth-order valence-electron chi connectivity index (χ4n) is 2.91. The lowest BCUT2D eigenvalue weighted by atomic mass is 10.1. The van der Waals surface area contributed by atoms with E-state index in [1.807, 2.05) is 4.90 Å². The first kappa shape index (κ1) is 16.1. The molecule has 0 aromatic carbocycles. The molecule has 21 heavy (non-hydrogen) atoms. The first-order valence-corrected chi connectivity index (χ1v) is 8.05. The number of nitrogens with zero attached hydrogens (tertiary/aromatic N) is 2. The number of aromatic nitrogens is 1. The minimum atomic E-state index is 0.0488. The van der Waals surface area contributed by atoms with E-state index in [1.54, 1.807) is 19.3 Å². The fraction of sp³-hybridized carbons (Fsp3) is 0.625. The lowest BCUT2D eigenvalue weighted by Crippen LogP contribution is -2.41. The molecule has 4 nitrogen and oxygen atoms in total. The van der Waals surface area contributed by atoms with E-state index >= 15 is 0 Å². The van der Waals surface area contributed by atoms with Crippen LogP contribution in [-0.2, 0) is 0 Å². The molecule has 0 bridgehead atoms. The highest BCUT2D eigenvalue weighted by atomic mass is 35.5. The van der Waals surface area contributed by atoms with E-state index in [9.17, 15) is 4.79 Å². The molecule has 0 radical (unpaired) electrons. The Morgan fingerprint density at radius 3 is 2.67 bits per heavy atom. The highest BCUT2D eigenvalue weighted by Crippen LogP contribution is 2.27. The maximum Gasteiger partial charge on any atom is 0.255 e. The van der Waals surface area contributed by atoms with Crippen molar-refractivity contribution in [2.24, 2.45) is 5.92 Å². The van der Waals surface area contributed by atoms with Crippen LogP contribution in [0.15, 0.2) is 12.3 Å². The second kappa shape index (κ2) is 7.12. The van der Waals surface area contributed by atoms with Gasteiger partial charge in [0.15, 0.2) is 0 Å². The number of amides is 1. The Hall–Kier alpha value is -1.29. The summed E-state index contributed by atoms with van der Waals surface area (Å²) < 4.78 is 0. The van der Waals surface area contributed by atoms with Crippen LogP contribution in [0.1, 0.15) is 49.9 Å². The van der Waals surface area contributed by atoms with Gasteiger partial charge in [-0.2, -0.15) is 0 Å². The Morgan fingerprint density at radius 2 is 2.14 bits per heavy atom. The molecular formula is C16H24ClN3O. The lowest BCUT2D eigenvalue weighted by Gasteiger charge is -2.30. The molecule has 0 spiro atoms. The number of hydrogen-bond acceptors (Lipinski definition) is 3. The number of halogens is 1. The lowest BCUT2D eigenvalue weighted by molar-refractivity contribution is 0.0655. The number of pyridine rings is 1. The van der Waals surface area contributed by atoms with Gasteiger partial charge in [0.1, 0.15) is 5.82 Å². The molecule has 0 aliphatic heterocycles. The molecule has 0 saturated heterocycles. The zero-order valence-corrected chi connectivity index (χ0v) is 13.8. The summed E-state index contributed by atoms with van der Waals surface area (Å²) in [6.07, 6.45) is 6.25. The van der Waals surface area contributed by atoms with Crippen LogP contribution >= 0.6 is 11.6 Å². The number of carbonyl (C=O) groups excluding carboxylic acids is 1. The number of rotatable bonds is 5. The van der Waals surface area contributed by atoms with Crippen molar-refractivity contribution in [2.45, 2.75) is 45.6 Å². The third kappa shape index (κ3) is 3.88. The van der Waals surface area contributed by atoms with Crippen molar-refractivity contribution < 1.29 is 4.79 Å². The molecule has 1 saturated carbocycles. The molecule has 1 aliphatic rings. The van der Waals surface area contributed by atoms with Crippen molar-refractivity contribution in [3.05, 3.63) is 22.8 Å². The molecule has 1 aliphatic carbocycles. The fourth-order valence-corrected chi connectivity index (χ4v) is 3.17. The number of carbonyl (C=O) groups is 1. The number of hydrogen-bond donors (Lipinski definition) is 1. The van der Waals surface area contributed by atoms with Crippen LogP contribution < -0.4 is 5.32 Å². The van der Waals surface area contributed by atoms with Gasteiger partial charge in [-0.05, 0) is 24.8 Å². The van der Waals surface area contributed by atoms with Gasteiger partial charge in [0.05, 0.1) is 10.6 Å². The molecule has 2 rings (SSSR count). The van der Waals surface area contributed by atoms with Gasteiger partial charge in [0.25, 0.3) is 5.91 Å². The van der Waals surface area contributed by atoms with Crippen LogP contribution in [0.5, 0.6) is 0 Å². The van der Waals surface area contributed by atoms with Crippen LogP contribution in [0.4, 0.5) is 5.82 Å². The van der Waals surface area contributed by atoms with E-state index in [-0.39, 0.29) is 5.91 Å². The smallest absolute Gasteiger partial charge is 0.255 e. The van der Waals surface area contributed by atoms with Crippen LogP contribution in [0.3, 0.4) is 0 Å². The molecule has 116 valence electrons. The molecule has 1 amide bonds. The normalized spacial score (nSPS) is 15.5. The maximum atomic E-state index is 12.8. The molecule has 1 fully saturated rings. The molecule has 1 aromatic rings. The highest BCUT2D eigenvalue weighted by molar-refractivity contribution is 6.33. The zero-order chi connectivity index (χ0) is 15.4. The van der Waals surface area contributed by atoms with E-state index in [0.717, 1.165) is 19.4 Å². The summed E-state index contributed by atoms with van der Waals surface area (Å²) in [5.74, 6) is 1.10. The molecule has 1 aromatic heterocycles. The second-order valence-corrected chi connectivity index (χ2v) is 6.50. The molecule has 0 atom stereocenters. The third-order valence-corrected chi connectivity index (χ3v) is 4.20. The molecule has 1 N–H and O–H groups in total. The summed E-state index contributed by atoms with van der Waals surface area (Å²) in [5.41, 5.74) is 0.576. The van der Waals surface area contributed by atoms with Crippen LogP contribution in [0, 0.1) is 5.92 Å². The van der Waals surface area contributed by atoms with Crippen molar-refractivity contribution in [1.29, 1.82) is 0 Å².